The Hall–Kier alpha value is -3.19. The van der Waals surface area contributed by atoms with Gasteiger partial charge in [-0.05, 0) is 78.9 Å². The molecule has 39 heavy (non-hydrogen) atoms. The maximum absolute atomic E-state index is 12.3. The molecule has 2 amide bonds. The van der Waals surface area contributed by atoms with Crippen LogP contribution in [0.25, 0.3) is 0 Å². The Morgan fingerprint density at radius 2 is 1.77 bits per heavy atom. The normalized spacial score (nSPS) is 15.1. The number of likely N-dealkylation sites (tertiary alicyclic amines) is 1. The summed E-state index contributed by atoms with van der Waals surface area (Å²) in [7, 11) is 0. The second-order valence-corrected chi connectivity index (χ2v) is 11.0. The van der Waals surface area contributed by atoms with Crippen LogP contribution < -0.4 is 27.4 Å². The number of aromatic nitrogens is 2. The largest absolute Gasteiger partial charge is 0.442 e. The topological polar surface area (TPSA) is 197 Å². The summed E-state index contributed by atoms with van der Waals surface area (Å²) in [6.45, 7) is 11.7. The minimum atomic E-state index is -0.675. The molecule has 1 aliphatic rings. The number of amides is 2. The number of ether oxygens (including phenoxy) is 1. The van der Waals surface area contributed by atoms with Crippen LogP contribution in [0, 0.1) is 11.3 Å². The molecule has 0 atom stereocenters. The smallest absolute Gasteiger partial charge is 0.435 e. The number of halogens is 1. The Morgan fingerprint density at radius 1 is 1.10 bits per heavy atom. The minimum absolute atomic E-state index is 0.0591. The fourth-order valence-electron chi connectivity index (χ4n) is 4.13. The van der Waals surface area contributed by atoms with E-state index < -0.39 is 17.6 Å². The Morgan fingerprint density at radius 3 is 2.44 bits per heavy atom. The summed E-state index contributed by atoms with van der Waals surface area (Å²) in [4.78, 5) is 38.0. The minimum Gasteiger partial charge on any atom is -0.442 e. The van der Waals surface area contributed by atoms with Crippen LogP contribution in [-0.2, 0) is 4.74 Å². The molecule has 1 aromatic rings. The average molecular weight is 567 g/mol. The Bertz CT molecular complexity index is 1020. The predicted octanol–water partition coefficient (Wildman–Crippen LogP) is 2.76. The molecule has 1 aliphatic heterocycles. The lowest BCUT2D eigenvalue weighted by molar-refractivity contribution is 0.0603. The molecule has 1 aromatic heterocycles. The van der Waals surface area contributed by atoms with E-state index in [1.165, 1.54) is 12.8 Å². The van der Waals surface area contributed by atoms with E-state index in [2.05, 4.69) is 35.8 Å². The van der Waals surface area contributed by atoms with Crippen LogP contribution in [0.3, 0.4) is 0 Å². The molecule has 0 bridgehead atoms. The zero-order valence-electron chi connectivity index (χ0n) is 23.4. The van der Waals surface area contributed by atoms with Crippen LogP contribution in [0.5, 0.6) is 0 Å². The number of aliphatic imine (C=N–C) groups is 1. The van der Waals surface area contributed by atoms with Crippen LogP contribution in [0.15, 0.2) is 4.99 Å². The first kappa shape index (κ1) is 32.0. The highest BCUT2D eigenvalue weighted by molar-refractivity contribution is 6.31. The molecule has 0 saturated carbocycles. The van der Waals surface area contributed by atoms with Gasteiger partial charge in [-0.15, -0.1) is 0 Å². The Labute approximate surface area is 235 Å². The quantitative estimate of drug-likeness (QED) is 0.139. The zero-order chi connectivity index (χ0) is 29.0. The highest BCUT2D eigenvalue weighted by Gasteiger charge is 2.19. The lowest BCUT2D eigenvalue weighted by Crippen LogP contribution is -2.41. The van der Waals surface area contributed by atoms with E-state index in [1.807, 2.05) is 20.8 Å². The molecular formula is C25H43ClN10O3. The number of hydrogen-bond donors (Lipinski definition) is 6. The number of amidine groups is 1. The number of nitrogens with one attached hydrogen (secondary N) is 4. The molecule has 2 rings (SSSR count). The number of nitrogen functional groups attached to an aromatic ring is 2. The molecule has 1 saturated heterocycles. The lowest BCUT2D eigenvalue weighted by atomic mass is 9.91. The Balaban J connectivity index is 1.53. The zero-order valence-corrected chi connectivity index (χ0v) is 24.2. The number of carbonyl (C=O) groups is 2. The van der Waals surface area contributed by atoms with Gasteiger partial charge < -0.3 is 31.7 Å². The number of anilines is 2. The van der Waals surface area contributed by atoms with Crippen molar-refractivity contribution in [2.45, 2.75) is 71.8 Å². The van der Waals surface area contributed by atoms with Gasteiger partial charge in [0.25, 0.3) is 5.91 Å². The van der Waals surface area contributed by atoms with E-state index in [-0.39, 0.29) is 28.4 Å². The van der Waals surface area contributed by atoms with Crippen LogP contribution in [-0.4, -0.2) is 77.0 Å². The molecule has 1 fully saturated rings. The van der Waals surface area contributed by atoms with Gasteiger partial charge in [0, 0.05) is 13.1 Å². The van der Waals surface area contributed by atoms with Gasteiger partial charge in [-0.25, -0.2) is 14.8 Å². The number of piperidine rings is 1. The summed E-state index contributed by atoms with van der Waals surface area (Å²) in [5.41, 5.74) is 10.5. The monoisotopic (exact) mass is 566 g/mol. The third-order valence-corrected chi connectivity index (χ3v) is 6.37. The number of hydrogen-bond acceptors (Lipinski definition) is 9. The van der Waals surface area contributed by atoms with Crippen molar-refractivity contribution in [1.29, 1.82) is 5.41 Å². The standard InChI is InChI=1S/C25H43ClN10O3/c1-16(32-24(38)39-25(2,3)4)30-12-7-13-36-14-9-17(10-15-36)8-5-6-11-31-23(29)35-22(37)18-20(27)34-21(28)19(26)33-18/h17H,5-15H2,1-4H3,(H4,27,28,34)(H,30,32,38)(H3,29,31,35,37). The number of carbonyl (C=O) groups excluding carboxylic acids is 2. The summed E-state index contributed by atoms with van der Waals surface area (Å²) < 4.78 is 5.19. The van der Waals surface area contributed by atoms with Crippen LogP contribution in [0.2, 0.25) is 5.15 Å². The molecular weight excluding hydrogens is 524 g/mol. The van der Waals surface area contributed by atoms with E-state index in [0.29, 0.717) is 18.3 Å². The van der Waals surface area contributed by atoms with Gasteiger partial charge in [0.2, 0.25) is 0 Å². The molecule has 13 nitrogen and oxygen atoms in total. The summed E-state index contributed by atoms with van der Waals surface area (Å²) in [5, 5.41) is 16.2. The molecule has 8 N–H and O–H groups in total. The number of guanidine groups is 1. The predicted molar refractivity (Wildman–Crippen MR) is 154 cm³/mol. The molecule has 0 aliphatic carbocycles. The SMILES string of the molecule is C/C(=N\C(=O)OC(C)(C)C)NCCCN1CCC(CCCCNC(=N)NC(=O)c2nc(Cl)c(N)nc2N)CC1. The van der Waals surface area contributed by atoms with Crippen molar-refractivity contribution >= 4 is 47.0 Å². The van der Waals surface area contributed by atoms with Crippen molar-refractivity contribution in [2.24, 2.45) is 10.9 Å². The van der Waals surface area contributed by atoms with Gasteiger partial charge in [-0.1, -0.05) is 24.4 Å². The van der Waals surface area contributed by atoms with Crippen molar-refractivity contribution in [3.05, 3.63) is 10.8 Å². The molecule has 0 radical (unpaired) electrons. The Kier molecular flexibility index (Phi) is 12.7. The number of nitrogens with zero attached hydrogens (tertiary/aromatic N) is 4. The van der Waals surface area contributed by atoms with E-state index in [9.17, 15) is 9.59 Å². The van der Waals surface area contributed by atoms with Crippen molar-refractivity contribution in [3.8, 4) is 0 Å². The first-order chi connectivity index (χ1) is 18.3. The second kappa shape index (κ2) is 15.4. The van der Waals surface area contributed by atoms with E-state index in [4.69, 9.17) is 33.2 Å². The maximum atomic E-state index is 12.3. The van der Waals surface area contributed by atoms with E-state index in [1.54, 1.807) is 6.92 Å². The van der Waals surface area contributed by atoms with Crippen LogP contribution in [0.4, 0.5) is 16.4 Å². The summed E-state index contributed by atoms with van der Waals surface area (Å²) >= 11 is 5.80. The van der Waals surface area contributed by atoms with Gasteiger partial charge in [0.15, 0.2) is 28.4 Å². The highest BCUT2D eigenvalue weighted by atomic mass is 35.5. The number of rotatable bonds is 10. The summed E-state index contributed by atoms with van der Waals surface area (Å²) in [6, 6.07) is 0. The third kappa shape index (κ3) is 12.5. The molecule has 218 valence electrons. The van der Waals surface area contributed by atoms with Gasteiger partial charge in [0.1, 0.15) is 11.4 Å². The molecule has 0 spiro atoms. The van der Waals surface area contributed by atoms with Gasteiger partial charge in [-0.3, -0.25) is 15.5 Å². The van der Waals surface area contributed by atoms with E-state index in [0.717, 1.165) is 51.9 Å². The molecule has 2 heterocycles. The molecule has 14 heteroatoms. The van der Waals surface area contributed by atoms with Gasteiger partial charge in [0.05, 0.1) is 0 Å². The highest BCUT2D eigenvalue weighted by Crippen LogP contribution is 2.22. The van der Waals surface area contributed by atoms with Crippen molar-refractivity contribution in [1.82, 2.24) is 30.8 Å². The summed E-state index contributed by atoms with van der Waals surface area (Å²) in [5.74, 6) is 0.259. The number of nitrogens with two attached hydrogens (primary N) is 2. The molecule has 0 aromatic carbocycles. The summed E-state index contributed by atoms with van der Waals surface area (Å²) in [6.07, 6.45) is 5.85. The fourth-order valence-corrected chi connectivity index (χ4v) is 4.26. The second-order valence-electron chi connectivity index (χ2n) is 10.6. The van der Waals surface area contributed by atoms with Crippen molar-refractivity contribution in [3.63, 3.8) is 0 Å². The lowest BCUT2D eigenvalue weighted by Gasteiger charge is -2.32. The maximum Gasteiger partial charge on any atom is 0.435 e. The first-order valence-electron chi connectivity index (χ1n) is 13.3. The van der Waals surface area contributed by atoms with E-state index >= 15 is 0 Å². The van der Waals surface area contributed by atoms with Crippen LogP contribution >= 0.6 is 11.6 Å². The average Bonchev–Trinajstić information content (AvgIpc) is 2.83. The van der Waals surface area contributed by atoms with Crippen LogP contribution in [0.1, 0.15) is 76.7 Å². The van der Waals surface area contributed by atoms with Gasteiger partial charge >= 0.3 is 6.09 Å². The fraction of sp³-hybridized carbons (Fsp3) is 0.680. The van der Waals surface area contributed by atoms with Crippen molar-refractivity contribution in [2.75, 3.05) is 44.2 Å². The first-order valence-corrected chi connectivity index (χ1v) is 13.7. The number of unbranched alkanes of at least 4 members (excludes halogenated alkanes) is 1. The molecule has 0 unspecified atom stereocenters. The van der Waals surface area contributed by atoms with Crippen molar-refractivity contribution < 1.29 is 14.3 Å². The third-order valence-electron chi connectivity index (χ3n) is 6.09. The van der Waals surface area contributed by atoms with Gasteiger partial charge in [-0.2, -0.15) is 4.99 Å².